The van der Waals surface area contributed by atoms with E-state index in [9.17, 15) is 22.8 Å². The maximum atomic E-state index is 12.7. The molecule has 2 atom stereocenters. The Kier molecular flexibility index (Phi) is 4.32. The number of aromatic nitrogens is 2. The molecule has 0 saturated heterocycles. The number of carbonyl (C=O) groups is 2. The zero-order valence-electron chi connectivity index (χ0n) is 16.3. The van der Waals surface area contributed by atoms with Crippen LogP contribution in [0.15, 0.2) is 48.5 Å². The van der Waals surface area contributed by atoms with Crippen molar-refractivity contribution in [3.8, 4) is 0 Å². The number of nitrogens with zero attached hydrogens (tertiary/aromatic N) is 1. The fourth-order valence-electron chi connectivity index (χ4n) is 3.79. The third-order valence-corrected chi connectivity index (χ3v) is 5.90. The van der Waals surface area contributed by atoms with E-state index in [0.29, 0.717) is 19.3 Å². The number of hydrogen-bond donors (Lipinski definition) is 3. The molecule has 31 heavy (non-hydrogen) atoms. The standard InChI is InChI=1S/C22H19F3N4O2/c23-22(24,25)12-5-7-13(8-6-12)26-20(31)21(9-10-21)29-19(30)15-11-14(15)18-27-16-3-1-2-4-17(16)28-18/h1-8,14-15H,9-11H2,(H,26,31)(H,27,28)(H,29,30)/t14-,15-/m1/s1. The van der Waals surface area contributed by atoms with Gasteiger partial charge in [0, 0.05) is 17.5 Å². The Labute approximate surface area is 175 Å². The van der Waals surface area contributed by atoms with Gasteiger partial charge >= 0.3 is 6.18 Å². The number of fused-ring (bicyclic) bond motifs is 1. The van der Waals surface area contributed by atoms with Crippen molar-refractivity contribution in [3.05, 3.63) is 59.9 Å². The molecule has 5 rings (SSSR count). The van der Waals surface area contributed by atoms with Gasteiger partial charge in [0.15, 0.2) is 0 Å². The van der Waals surface area contributed by atoms with E-state index in [2.05, 4.69) is 20.6 Å². The molecule has 6 nitrogen and oxygen atoms in total. The summed E-state index contributed by atoms with van der Waals surface area (Å²) in [5.41, 5.74) is 0.229. The largest absolute Gasteiger partial charge is 0.416 e. The van der Waals surface area contributed by atoms with E-state index in [1.807, 2.05) is 24.3 Å². The van der Waals surface area contributed by atoms with Gasteiger partial charge in [0.25, 0.3) is 0 Å². The van der Waals surface area contributed by atoms with Gasteiger partial charge in [0.1, 0.15) is 11.4 Å². The minimum Gasteiger partial charge on any atom is -0.342 e. The SMILES string of the molecule is O=C(NC1(C(=O)Nc2ccc(C(F)(F)F)cc2)CC1)[C@@H]1C[C@H]1c1nc2ccccc2[nH]1. The van der Waals surface area contributed by atoms with E-state index in [4.69, 9.17) is 0 Å². The molecule has 3 aromatic rings. The normalized spacial score (nSPS) is 21.5. The summed E-state index contributed by atoms with van der Waals surface area (Å²) in [7, 11) is 0. The number of halogens is 3. The molecule has 0 spiro atoms. The molecule has 3 N–H and O–H groups in total. The number of amides is 2. The van der Waals surface area contributed by atoms with Crippen LogP contribution in [0.2, 0.25) is 0 Å². The first-order valence-electron chi connectivity index (χ1n) is 10.0. The molecule has 0 bridgehead atoms. The number of rotatable bonds is 5. The predicted octanol–water partition coefficient (Wildman–Crippen LogP) is 3.97. The summed E-state index contributed by atoms with van der Waals surface area (Å²) in [5.74, 6) is -0.120. The molecule has 1 aromatic heterocycles. The Hall–Kier alpha value is -3.36. The second-order valence-corrected chi connectivity index (χ2v) is 8.19. The van der Waals surface area contributed by atoms with E-state index in [-0.39, 0.29) is 23.4 Å². The lowest BCUT2D eigenvalue weighted by Crippen LogP contribution is -2.46. The molecule has 2 aliphatic rings. The number of benzene rings is 2. The van der Waals surface area contributed by atoms with Crippen LogP contribution in [0.25, 0.3) is 11.0 Å². The van der Waals surface area contributed by atoms with Gasteiger partial charge < -0.3 is 15.6 Å². The zero-order chi connectivity index (χ0) is 21.8. The van der Waals surface area contributed by atoms with Crippen LogP contribution in [0.4, 0.5) is 18.9 Å². The van der Waals surface area contributed by atoms with Gasteiger partial charge in [0.05, 0.1) is 16.6 Å². The number of carbonyl (C=O) groups excluding carboxylic acids is 2. The van der Waals surface area contributed by atoms with Crippen LogP contribution >= 0.6 is 0 Å². The van der Waals surface area contributed by atoms with Crippen molar-refractivity contribution < 1.29 is 22.8 Å². The van der Waals surface area contributed by atoms with Crippen molar-refractivity contribution in [3.63, 3.8) is 0 Å². The third kappa shape index (κ3) is 3.75. The van der Waals surface area contributed by atoms with Crippen LogP contribution in [-0.4, -0.2) is 27.3 Å². The van der Waals surface area contributed by atoms with Crippen molar-refractivity contribution >= 4 is 28.5 Å². The monoisotopic (exact) mass is 428 g/mol. The van der Waals surface area contributed by atoms with Crippen LogP contribution < -0.4 is 10.6 Å². The van der Waals surface area contributed by atoms with Gasteiger partial charge in [-0.05, 0) is 55.7 Å². The molecule has 2 amide bonds. The average Bonchev–Trinajstić information content (AvgIpc) is 3.64. The first-order valence-corrected chi connectivity index (χ1v) is 10.0. The minimum absolute atomic E-state index is 0.0128. The maximum absolute atomic E-state index is 12.7. The number of anilines is 1. The molecule has 2 aliphatic carbocycles. The lowest BCUT2D eigenvalue weighted by molar-refractivity contribution is -0.137. The number of imidazole rings is 1. The Balaban J connectivity index is 1.21. The Bertz CT molecular complexity index is 1130. The number of aromatic amines is 1. The van der Waals surface area contributed by atoms with Crippen LogP contribution in [0.5, 0.6) is 0 Å². The second kappa shape index (κ2) is 6.83. The fourth-order valence-corrected chi connectivity index (χ4v) is 3.79. The molecule has 2 fully saturated rings. The Morgan fingerprint density at radius 2 is 1.77 bits per heavy atom. The van der Waals surface area contributed by atoms with Crippen LogP contribution in [0.1, 0.15) is 36.6 Å². The summed E-state index contributed by atoms with van der Waals surface area (Å²) in [6.07, 6.45) is -2.79. The molecular formula is C22H19F3N4O2. The predicted molar refractivity (Wildman–Crippen MR) is 107 cm³/mol. The smallest absolute Gasteiger partial charge is 0.342 e. The van der Waals surface area contributed by atoms with Gasteiger partial charge in [-0.25, -0.2) is 4.98 Å². The van der Waals surface area contributed by atoms with E-state index < -0.39 is 23.2 Å². The Morgan fingerprint density at radius 3 is 2.42 bits per heavy atom. The lowest BCUT2D eigenvalue weighted by Gasteiger charge is -2.17. The third-order valence-electron chi connectivity index (χ3n) is 5.90. The van der Waals surface area contributed by atoms with E-state index in [1.54, 1.807) is 0 Å². The summed E-state index contributed by atoms with van der Waals surface area (Å²) < 4.78 is 38.0. The van der Waals surface area contributed by atoms with E-state index in [0.717, 1.165) is 29.0 Å². The van der Waals surface area contributed by atoms with Gasteiger partial charge in [-0.1, -0.05) is 12.1 Å². The van der Waals surface area contributed by atoms with Crippen molar-refractivity contribution in [2.45, 2.75) is 36.9 Å². The second-order valence-electron chi connectivity index (χ2n) is 8.19. The van der Waals surface area contributed by atoms with Gasteiger partial charge in [-0.15, -0.1) is 0 Å². The molecule has 0 radical (unpaired) electrons. The summed E-state index contributed by atoms with van der Waals surface area (Å²) >= 11 is 0. The molecule has 2 saturated carbocycles. The lowest BCUT2D eigenvalue weighted by atomic mass is 10.1. The number of alkyl halides is 3. The molecule has 2 aromatic carbocycles. The fraction of sp³-hybridized carbons (Fsp3) is 0.318. The maximum Gasteiger partial charge on any atom is 0.416 e. The molecule has 0 unspecified atom stereocenters. The van der Waals surface area contributed by atoms with Crippen LogP contribution in [-0.2, 0) is 15.8 Å². The summed E-state index contributed by atoms with van der Waals surface area (Å²) in [6, 6.07) is 11.9. The highest BCUT2D eigenvalue weighted by Gasteiger charge is 2.55. The zero-order valence-corrected chi connectivity index (χ0v) is 16.3. The number of hydrogen-bond acceptors (Lipinski definition) is 3. The number of para-hydroxylation sites is 2. The topological polar surface area (TPSA) is 86.9 Å². The number of nitrogens with one attached hydrogen (secondary N) is 3. The summed E-state index contributed by atoms with van der Waals surface area (Å²) in [4.78, 5) is 33.2. The first kappa shape index (κ1) is 19.6. The molecule has 160 valence electrons. The molecule has 1 heterocycles. The summed E-state index contributed by atoms with van der Waals surface area (Å²) in [6.45, 7) is 0. The van der Waals surface area contributed by atoms with Gasteiger partial charge in [-0.2, -0.15) is 13.2 Å². The van der Waals surface area contributed by atoms with Crippen LogP contribution in [0, 0.1) is 5.92 Å². The van der Waals surface area contributed by atoms with E-state index in [1.165, 1.54) is 12.1 Å². The van der Waals surface area contributed by atoms with Crippen molar-refractivity contribution in [1.29, 1.82) is 0 Å². The Morgan fingerprint density at radius 1 is 1.06 bits per heavy atom. The minimum atomic E-state index is -4.44. The highest BCUT2D eigenvalue weighted by molar-refractivity contribution is 6.03. The van der Waals surface area contributed by atoms with Crippen molar-refractivity contribution in [2.24, 2.45) is 5.92 Å². The van der Waals surface area contributed by atoms with Crippen molar-refractivity contribution in [1.82, 2.24) is 15.3 Å². The summed E-state index contributed by atoms with van der Waals surface area (Å²) in [5, 5.41) is 5.46. The highest BCUT2D eigenvalue weighted by Crippen LogP contribution is 2.48. The first-order chi connectivity index (χ1) is 14.7. The molecule has 9 heteroatoms. The van der Waals surface area contributed by atoms with Crippen LogP contribution in [0.3, 0.4) is 0 Å². The quantitative estimate of drug-likeness (QED) is 0.575. The number of H-pyrrole nitrogens is 1. The highest BCUT2D eigenvalue weighted by atomic mass is 19.4. The molecular weight excluding hydrogens is 409 g/mol. The van der Waals surface area contributed by atoms with Crippen molar-refractivity contribution in [2.75, 3.05) is 5.32 Å². The van der Waals surface area contributed by atoms with E-state index >= 15 is 0 Å². The average molecular weight is 428 g/mol. The van der Waals surface area contributed by atoms with Gasteiger partial charge in [-0.3, -0.25) is 9.59 Å². The molecule has 0 aliphatic heterocycles. The van der Waals surface area contributed by atoms with Gasteiger partial charge in [0.2, 0.25) is 11.8 Å².